The molecule has 2 N–H and O–H groups in total. The van der Waals surface area contributed by atoms with Gasteiger partial charge in [-0.1, -0.05) is 20.2 Å². The third-order valence-corrected chi connectivity index (χ3v) is 8.12. The lowest BCUT2D eigenvalue weighted by atomic mass is 10.1. The number of nitrogens with two attached hydrogens (primary N) is 1. The fourth-order valence-electron chi connectivity index (χ4n) is 4.00. The van der Waals surface area contributed by atoms with Gasteiger partial charge in [0.05, 0.1) is 27.2 Å². The third kappa shape index (κ3) is 3.16. The summed E-state index contributed by atoms with van der Waals surface area (Å²) < 4.78 is 16.9. The molecule has 1 spiro atoms. The summed E-state index contributed by atoms with van der Waals surface area (Å²) in [5, 5.41) is 0.888. The summed E-state index contributed by atoms with van der Waals surface area (Å²) in [5.41, 5.74) is 5.16. The standard InChI is InChI=1S/C19H19ClFN2O2P.CH5N/c1-10(24)13-7-23(11-2-3-11)16-12(18(13)25)6-14(21)17(15(16)20)22-8-19(4-5-19)26-9-22;1-2/h6-7,11,26H,2-5,8-9H2,1H3;2H2,1H3. The summed E-state index contributed by atoms with van der Waals surface area (Å²) in [7, 11) is 2.31. The van der Waals surface area contributed by atoms with Gasteiger partial charge in [-0.05, 0) is 45.7 Å². The number of carbonyl (C=O) groups is 1. The van der Waals surface area contributed by atoms with Crippen LogP contribution in [0.5, 0.6) is 0 Å². The molecule has 150 valence electrons. The summed E-state index contributed by atoms with van der Waals surface area (Å²) in [5.74, 6) is -0.770. The predicted octanol–water partition coefficient (Wildman–Crippen LogP) is 3.90. The van der Waals surface area contributed by atoms with Crippen molar-refractivity contribution in [2.75, 3.05) is 24.8 Å². The number of rotatable bonds is 3. The zero-order chi connectivity index (χ0) is 20.2. The molecule has 1 aromatic carbocycles. The van der Waals surface area contributed by atoms with Gasteiger partial charge in [-0.15, -0.1) is 0 Å². The topological polar surface area (TPSA) is 68.3 Å². The lowest BCUT2D eigenvalue weighted by Gasteiger charge is -2.23. The molecular weight excluding hydrogens is 400 g/mol. The van der Waals surface area contributed by atoms with Gasteiger partial charge in [-0.25, -0.2) is 4.39 Å². The van der Waals surface area contributed by atoms with E-state index < -0.39 is 11.2 Å². The lowest BCUT2D eigenvalue weighted by molar-refractivity contribution is 0.101. The SMILES string of the molecule is CC(=O)c1cn(C2CC2)c2c(Cl)c(N3CPC4(CC4)C3)c(F)cc2c1=O.CN. The first-order chi connectivity index (χ1) is 13.4. The van der Waals surface area contributed by atoms with Crippen molar-refractivity contribution in [3.63, 3.8) is 0 Å². The van der Waals surface area contributed by atoms with Gasteiger partial charge in [-0.2, -0.15) is 0 Å². The Kier molecular flexibility index (Phi) is 5.01. The van der Waals surface area contributed by atoms with E-state index >= 15 is 4.39 Å². The molecule has 5 nitrogen and oxygen atoms in total. The number of pyridine rings is 1. The minimum absolute atomic E-state index is 0.104. The van der Waals surface area contributed by atoms with Crippen LogP contribution >= 0.6 is 20.2 Å². The van der Waals surface area contributed by atoms with Crippen molar-refractivity contribution in [1.29, 1.82) is 0 Å². The maximum Gasteiger partial charge on any atom is 0.200 e. The highest BCUT2D eigenvalue weighted by molar-refractivity contribution is 7.41. The first-order valence-corrected chi connectivity index (χ1v) is 11.1. The van der Waals surface area contributed by atoms with Crippen LogP contribution in [0.15, 0.2) is 17.1 Å². The van der Waals surface area contributed by atoms with Crippen LogP contribution in [0, 0.1) is 5.82 Å². The van der Waals surface area contributed by atoms with Gasteiger partial charge < -0.3 is 15.2 Å². The largest absolute Gasteiger partial charge is 0.363 e. The van der Waals surface area contributed by atoms with Crippen LogP contribution in [0.4, 0.5) is 10.1 Å². The molecule has 0 bridgehead atoms. The molecule has 1 saturated heterocycles. The average Bonchev–Trinajstić information content (AvgIpc) is 3.57. The zero-order valence-electron chi connectivity index (χ0n) is 16.0. The highest BCUT2D eigenvalue weighted by Crippen LogP contribution is 2.58. The number of hydrogen-bond acceptors (Lipinski definition) is 4. The molecule has 1 atom stereocenters. The van der Waals surface area contributed by atoms with Crippen molar-refractivity contribution in [1.82, 2.24) is 4.57 Å². The Balaban J connectivity index is 0.000000932. The predicted molar refractivity (Wildman–Crippen MR) is 114 cm³/mol. The Labute approximate surface area is 169 Å². The van der Waals surface area contributed by atoms with Crippen molar-refractivity contribution >= 4 is 42.6 Å². The summed E-state index contributed by atoms with van der Waals surface area (Å²) in [6.07, 6.45) is 6.82. The normalized spacial score (nSPS) is 20.5. The lowest BCUT2D eigenvalue weighted by Crippen LogP contribution is -2.24. The van der Waals surface area contributed by atoms with E-state index in [0.29, 0.717) is 21.4 Å². The van der Waals surface area contributed by atoms with E-state index in [1.54, 1.807) is 6.20 Å². The molecule has 1 unspecified atom stereocenters. The number of benzene rings is 1. The molecule has 5 rings (SSSR count). The second-order valence-electron chi connectivity index (χ2n) is 7.80. The molecule has 3 fully saturated rings. The number of aromatic nitrogens is 1. The molecule has 3 aliphatic rings. The number of halogens is 2. The van der Waals surface area contributed by atoms with E-state index in [0.717, 1.165) is 34.3 Å². The molecule has 1 aromatic heterocycles. The number of Topliss-reactive ketones (excluding diaryl/α,β-unsaturated/α-hetero) is 1. The second kappa shape index (κ2) is 7.08. The Morgan fingerprint density at radius 3 is 2.57 bits per heavy atom. The Bertz CT molecular complexity index is 1030. The van der Waals surface area contributed by atoms with E-state index in [4.69, 9.17) is 11.6 Å². The van der Waals surface area contributed by atoms with Crippen molar-refractivity contribution in [3.05, 3.63) is 38.9 Å². The van der Waals surface area contributed by atoms with Crippen LogP contribution < -0.4 is 16.1 Å². The maximum atomic E-state index is 15.0. The molecule has 28 heavy (non-hydrogen) atoms. The van der Waals surface area contributed by atoms with Gasteiger partial charge in [-0.3, -0.25) is 9.59 Å². The number of ketones is 1. The fourth-order valence-corrected chi connectivity index (χ4v) is 5.98. The summed E-state index contributed by atoms with van der Waals surface area (Å²) in [4.78, 5) is 26.7. The van der Waals surface area contributed by atoms with Gasteiger partial charge >= 0.3 is 0 Å². The number of carbonyl (C=O) groups excluding carboxylic acids is 1. The van der Waals surface area contributed by atoms with Crippen LogP contribution in [-0.2, 0) is 0 Å². The van der Waals surface area contributed by atoms with Crippen molar-refractivity contribution < 1.29 is 9.18 Å². The van der Waals surface area contributed by atoms with Crippen LogP contribution in [0.2, 0.25) is 5.02 Å². The summed E-state index contributed by atoms with van der Waals surface area (Å²) in [6, 6.07) is 1.51. The molecule has 2 aliphatic carbocycles. The highest BCUT2D eigenvalue weighted by atomic mass is 35.5. The minimum Gasteiger partial charge on any atom is -0.363 e. The van der Waals surface area contributed by atoms with Crippen LogP contribution in [0.3, 0.4) is 0 Å². The average molecular weight is 424 g/mol. The van der Waals surface area contributed by atoms with E-state index in [-0.39, 0.29) is 22.8 Å². The van der Waals surface area contributed by atoms with Crippen LogP contribution in [-0.4, -0.2) is 35.4 Å². The van der Waals surface area contributed by atoms with E-state index in [1.165, 1.54) is 32.9 Å². The first kappa shape index (κ1) is 19.8. The van der Waals surface area contributed by atoms with Crippen LogP contribution in [0.25, 0.3) is 10.9 Å². The number of hydrogen-bond donors (Lipinski definition) is 1. The van der Waals surface area contributed by atoms with Crippen molar-refractivity contribution in [2.45, 2.75) is 43.8 Å². The highest BCUT2D eigenvalue weighted by Gasteiger charge is 2.48. The molecule has 2 saturated carbocycles. The number of fused-ring (bicyclic) bond motifs is 1. The number of nitrogens with zero attached hydrogens (tertiary/aromatic N) is 2. The molecule has 8 heteroatoms. The molecule has 0 radical (unpaired) electrons. The first-order valence-electron chi connectivity index (χ1n) is 9.56. The fraction of sp³-hybridized carbons (Fsp3) is 0.500. The van der Waals surface area contributed by atoms with Crippen molar-refractivity contribution in [2.24, 2.45) is 5.73 Å². The van der Waals surface area contributed by atoms with Crippen molar-refractivity contribution in [3.8, 4) is 0 Å². The summed E-state index contributed by atoms with van der Waals surface area (Å²) in [6.45, 7) is 2.21. The van der Waals surface area contributed by atoms with Crippen LogP contribution in [0.1, 0.15) is 49.0 Å². The van der Waals surface area contributed by atoms with Gasteiger partial charge in [0.25, 0.3) is 0 Å². The molecule has 2 aromatic rings. The number of anilines is 1. The Morgan fingerprint density at radius 2 is 2.04 bits per heavy atom. The zero-order valence-corrected chi connectivity index (χ0v) is 17.8. The molecule has 0 amide bonds. The Hall–Kier alpha value is -1.49. The smallest absolute Gasteiger partial charge is 0.200 e. The minimum atomic E-state index is -0.467. The van der Waals surface area contributed by atoms with E-state index in [2.05, 4.69) is 5.73 Å². The second-order valence-corrected chi connectivity index (χ2v) is 9.91. The van der Waals surface area contributed by atoms with E-state index in [1.807, 2.05) is 9.47 Å². The Morgan fingerprint density at radius 1 is 1.36 bits per heavy atom. The maximum absolute atomic E-state index is 15.0. The van der Waals surface area contributed by atoms with Gasteiger partial charge in [0.15, 0.2) is 11.2 Å². The molecule has 2 heterocycles. The molecular formula is C20H24ClFN3O2P. The quantitative estimate of drug-likeness (QED) is 0.600. The van der Waals surface area contributed by atoms with Gasteiger partial charge in [0.2, 0.25) is 0 Å². The van der Waals surface area contributed by atoms with E-state index in [9.17, 15) is 9.59 Å². The van der Waals surface area contributed by atoms with Gasteiger partial charge in [0.1, 0.15) is 5.82 Å². The third-order valence-electron chi connectivity index (χ3n) is 5.81. The monoisotopic (exact) mass is 423 g/mol. The molecule has 1 aliphatic heterocycles. The summed E-state index contributed by atoms with van der Waals surface area (Å²) >= 11 is 6.70. The van der Waals surface area contributed by atoms with Gasteiger partial charge in [0, 0.05) is 30.2 Å².